The van der Waals surface area contributed by atoms with Crippen LogP contribution in [0, 0.1) is 6.92 Å². The highest BCUT2D eigenvalue weighted by Gasteiger charge is 2.21. The lowest BCUT2D eigenvalue weighted by Crippen LogP contribution is -2.46. The van der Waals surface area contributed by atoms with Crippen molar-refractivity contribution in [3.8, 4) is 5.82 Å². The van der Waals surface area contributed by atoms with Crippen LogP contribution in [0.1, 0.15) is 5.82 Å². The van der Waals surface area contributed by atoms with Gasteiger partial charge >= 0.3 is 0 Å². The van der Waals surface area contributed by atoms with Crippen molar-refractivity contribution in [3.63, 3.8) is 0 Å². The van der Waals surface area contributed by atoms with E-state index in [1.807, 2.05) is 31.3 Å². The molecule has 0 aliphatic carbocycles. The van der Waals surface area contributed by atoms with E-state index in [-0.39, 0.29) is 0 Å². The number of aromatic nitrogens is 5. The van der Waals surface area contributed by atoms with Crippen LogP contribution in [0.15, 0.2) is 48.8 Å². The number of hydrogen-bond acceptors (Lipinski definition) is 7. The van der Waals surface area contributed by atoms with Crippen LogP contribution in [0.3, 0.4) is 0 Å². The van der Waals surface area contributed by atoms with Crippen molar-refractivity contribution in [1.29, 1.82) is 0 Å². The van der Waals surface area contributed by atoms with E-state index in [0.29, 0.717) is 0 Å². The normalized spacial score (nSPS) is 14.9. The maximum Gasteiger partial charge on any atom is 0.186 e. The first-order chi connectivity index (χ1) is 13.3. The first-order valence-corrected chi connectivity index (χ1v) is 9.79. The minimum Gasteiger partial charge on any atom is -0.353 e. The van der Waals surface area contributed by atoms with Gasteiger partial charge in [0.1, 0.15) is 11.6 Å². The Bertz CT molecular complexity index is 1030. The van der Waals surface area contributed by atoms with Crippen LogP contribution in [-0.2, 0) is 0 Å². The van der Waals surface area contributed by atoms with Crippen molar-refractivity contribution in [1.82, 2.24) is 24.7 Å². The molecule has 27 heavy (non-hydrogen) atoms. The fraction of sp³-hybridized carbons (Fsp3) is 0.263. The van der Waals surface area contributed by atoms with Crippen LogP contribution in [0.4, 0.5) is 10.9 Å². The second-order valence-corrected chi connectivity index (χ2v) is 7.53. The van der Waals surface area contributed by atoms with Crippen molar-refractivity contribution in [2.24, 2.45) is 0 Å². The third kappa shape index (κ3) is 3.12. The highest BCUT2D eigenvalue weighted by atomic mass is 32.1. The van der Waals surface area contributed by atoms with E-state index in [2.05, 4.69) is 43.1 Å². The first kappa shape index (κ1) is 16.2. The molecular formula is C19H19N7S. The molecule has 7 nitrogen and oxygen atoms in total. The summed E-state index contributed by atoms with van der Waals surface area (Å²) in [6, 6.07) is 12.2. The summed E-state index contributed by atoms with van der Waals surface area (Å²) in [6.45, 7) is 5.60. The molecule has 1 aromatic carbocycles. The molecule has 1 saturated heterocycles. The van der Waals surface area contributed by atoms with Gasteiger partial charge < -0.3 is 9.80 Å². The lowest BCUT2D eigenvalue weighted by molar-refractivity contribution is 0.643. The van der Waals surface area contributed by atoms with E-state index < -0.39 is 0 Å². The highest BCUT2D eigenvalue weighted by Crippen LogP contribution is 2.29. The Hall–Kier alpha value is -3.00. The maximum absolute atomic E-state index is 4.78. The van der Waals surface area contributed by atoms with Gasteiger partial charge in [0.15, 0.2) is 10.9 Å². The summed E-state index contributed by atoms with van der Waals surface area (Å²) in [7, 11) is 0. The van der Waals surface area contributed by atoms with Crippen molar-refractivity contribution >= 4 is 32.5 Å². The molecular weight excluding hydrogens is 358 g/mol. The summed E-state index contributed by atoms with van der Waals surface area (Å²) in [5.41, 5.74) is 1.08. The van der Waals surface area contributed by atoms with Gasteiger partial charge in [-0.05, 0) is 25.1 Å². The first-order valence-electron chi connectivity index (χ1n) is 8.97. The minimum absolute atomic E-state index is 0.756. The second-order valence-electron chi connectivity index (χ2n) is 6.52. The Kier molecular flexibility index (Phi) is 3.97. The molecule has 8 heteroatoms. The molecule has 0 N–H and O–H groups in total. The van der Waals surface area contributed by atoms with Crippen molar-refractivity contribution in [3.05, 3.63) is 54.6 Å². The minimum atomic E-state index is 0.756. The SMILES string of the molecule is Cc1nc(N2CCN(c3nc4ccccc4s3)CC2)cc(-n2cccn2)n1. The summed E-state index contributed by atoms with van der Waals surface area (Å²) in [6.07, 6.45) is 3.66. The summed E-state index contributed by atoms with van der Waals surface area (Å²) in [5.74, 6) is 2.51. The number of para-hydroxylation sites is 1. The molecule has 0 radical (unpaired) electrons. The van der Waals surface area contributed by atoms with Crippen molar-refractivity contribution < 1.29 is 0 Å². The molecule has 5 rings (SSSR count). The lowest BCUT2D eigenvalue weighted by atomic mass is 10.3. The van der Waals surface area contributed by atoms with Gasteiger partial charge in [0.25, 0.3) is 0 Å². The zero-order valence-corrected chi connectivity index (χ0v) is 15.8. The smallest absolute Gasteiger partial charge is 0.186 e. The van der Waals surface area contributed by atoms with Crippen LogP contribution in [0.2, 0.25) is 0 Å². The Morgan fingerprint density at radius 3 is 2.44 bits per heavy atom. The number of fused-ring (bicyclic) bond motifs is 1. The molecule has 0 spiro atoms. The van der Waals surface area contributed by atoms with Crippen LogP contribution in [0.25, 0.3) is 16.0 Å². The summed E-state index contributed by atoms with van der Waals surface area (Å²) in [5, 5.41) is 5.38. The van der Waals surface area contributed by atoms with Gasteiger partial charge in [0.05, 0.1) is 10.2 Å². The van der Waals surface area contributed by atoms with E-state index in [1.165, 1.54) is 4.70 Å². The van der Waals surface area contributed by atoms with E-state index in [0.717, 1.165) is 54.3 Å². The zero-order valence-electron chi connectivity index (χ0n) is 15.0. The Morgan fingerprint density at radius 2 is 1.67 bits per heavy atom. The van der Waals surface area contributed by atoms with Crippen LogP contribution >= 0.6 is 11.3 Å². The van der Waals surface area contributed by atoms with Gasteiger partial charge in [-0.2, -0.15) is 5.10 Å². The predicted octanol–water partition coefficient (Wildman–Crippen LogP) is 2.91. The topological polar surface area (TPSA) is 63.0 Å². The van der Waals surface area contributed by atoms with Gasteiger partial charge in [-0.1, -0.05) is 23.5 Å². The molecule has 0 atom stereocenters. The Morgan fingerprint density at radius 1 is 0.889 bits per heavy atom. The summed E-state index contributed by atoms with van der Waals surface area (Å²) < 4.78 is 3.01. The fourth-order valence-corrected chi connectivity index (χ4v) is 4.36. The van der Waals surface area contributed by atoms with E-state index >= 15 is 0 Å². The molecule has 136 valence electrons. The largest absolute Gasteiger partial charge is 0.353 e. The number of benzene rings is 1. The molecule has 4 heterocycles. The third-order valence-electron chi connectivity index (χ3n) is 4.71. The van der Waals surface area contributed by atoms with Crippen LogP contribution in [0.5, 0.6) is 0 Å². The Balaban J connectivity index is 1.34. The maximum atomic E-state index is 4.78. The lowest BCUT2D eigenvalue weighted by Gasteiger charge is -2.35. The van der Waals surface area contributed by atoms with Gasteiger partial charge in [-0.3, -0.25) is 0 Å². The van der Waals surface area contributed by atoms with E-state index in [1.54, 1.807) is 22.2 Å². The van der Waals surface area contributed by atoms with Gasteiger partial charge in [-0.25, -0.2) is 19.6 Å². The quantitative estimate of drug-likeness (QED) is 0.547. The molecule has 1 fully saturated rings. The molecule has 0 amide bonds. The Labute approximate surface area is 160 Å². The van der Waals surface area contributed by atoms with Crippen molar-refractivity contribution in [2.75, 3.05) is 36.0 Å². The fourth-order valence-electron chi connectivity index (χ4n) is 3.34. The van der Waals surface area contributed by atoms with Gasteiger partial charge in [-0.15, -0.1) is 0 Å². The number of hydrogen-bond donors (Lipinski definition) is 0. The van der Waals surface area contributed by atoms with Crippen LogP contribution < -0.4 is 9.80 Å². The third-order valence-corrected chi connectivity index (χ3v) is 5.80. The average Bonchev–Trinajstić information content (AvgIpc) is 3.37. The average molecular weight is 377 g/mol. The van der Waals surface area contributed by atoms with E-state index in [4.69, 9.17) is 4.98 Å². The standard InChI is InChI=1S/C19H19N7S/c1-14-21-17(13-18(22-14)26-8-4-7-20-26)24-9-11-25(12-10-24)19-23-15-5-2-3-6-16(15)27-19/h2-8,13H,9-12H2,1H3. The monoisotopic (exact) mass is 377 g/mol. The summed E-state index contributed by atoms with van der Waals surface area (Å²) >= 11 is 1.76. The molecule has 3 aromatic heterocycles. The molecule has 1 aliphatic heterocycles. The zero-order chi connectivity index (χ0) is 18.2. The number of anilines is 2. The predicted molar refractivity (Wildman–Crippen MR) is 108 cm³/mol. The number of thiazole rings is 1. The van der Waals surface area contributed by atoms with Crippen LogP contribution in [-0.4, -0.2) is 50.9 Å². The number of piperazine rings is 1. The molecule has 4 aromatic rings. The number of nitrogens with zero attached hydrogens (tertiary/aromatic N) is 7. The number of rotatable bonds is 3. The molecule has 0 unspecified atom stereocenters. The van der Waals surface area contributed by atoms with Gasteiger partial charge in [0.2, 0.25) is 0 Å². The van der Waals surface area contributed by atoms with E-state index in [9.17, 15) is 0 Å². The molecule has 0 saturated carbocycles. The highest BCUT2D eigenvalue weighted by molar-refractivity contribution is 7.22. The van der Waals surface area contributed by atoms with Crippen molar-refractivity contribution in [2.45, 2.75) is 6.92 Å². The number of aryl methyl sites for hydroxylation is 1. The summed E-state index contributed by atoms with van der Waals surface area (Å²) in [4.78, 5) is 18.6. The van der Waals surface area contributed by atoms with Gasteiger partial charge in [0, 0.05) is 44.6 Å². The molecule has 0 bridgehead atoms. The molecule has 1 aliphatic rings. The second kappa shape index (κ2) is 6.62.